The smallest absolute Gasteiger partial charge is 0.408 e. The van der Waals surface area contributed by atoms with Crippen molar-refractivity contribution in [2.45, 2.75) is 110 Å². The number of rotatable bonds is 12. The number of ether oxygens (including phenoxy) is 1. The summed E-state index contributed by atoms with van der Waals surface area (Å²) in [6.07, 6.45) is 9.90. The minimum atomic E-state index is -0.739. The fourth-order valence-electron chi connectivity index (χ4n) is 4.48. The number of amides is 3. The molecule has 1 saturated carbocycles. The van der Waals surface area contributed by atoms with Crippen molar-refractivity contribution < 1.29 is 19.1 Å². The number of carbonyl (C=O) groups excluding carboxylic acids is 3. The van der Waals surface area contributed by atoms with E-state index < -0.39 is 17.7 Å². The van der Waals surface area contributed by atoms with Gasteiger partial charge in [-0.05, 0) is 45.6 Å². The van der Waals surface area contributed by atoms with E-state index in [0.717, 1.165) is 63.4 Å². The highest BCUT2D eigenvalue weighted by molar-refractivity contribution is 5.90. The van der Waals surface area contributed by atoms with Crippen LogP contribution in [0.5, 0.6) is 0 Å². The molecule has 0 aliphatic heterocycles. The van der Waals surface area contributed by atoms with Crippen LogP contribution in [-0.2, 0) is 14.3 Å². The van der Waals surface area contributed by atoms with Crippen LogP contribution in [0.2, 0.25) is 0 Å². The molecule has 1 unspecified atom stereocenters. The monoisotopic (exact) mass is 487 g/mol. The molecule has 0 saturated heterocycles. The molecule has 35 heavy (non-hydrogen) atoms. The van der Waals surface area contributed by atoms with Gasteiger partial charge in [0.25, 0.3) is 0 Å². The minimum absolute atomic E-state index is 0.142. The van der Waals surface area contributed by atoms with Gasteiger partial charge in [0.2, 0.25) is 11.8 Å². The number of carbonyl (C=O) groups is 3. The second-order valence-electron chi connectivity index (χ2n) is 10.5. The van der Waals surface area contributed by atoms with Crippen LogP contribution in [0.15, 0.2) is 30.3 Å². The fourth-order valence-corrected chi connectivity index (χ4v) is 4.48. The molecule has 1 aromatic carbocycles. The molecule has 1 atom stereocenters. The molecule has 7 nitrogen and oxygen atoms in total. The molecule has 3 amide bonds. The summed E-state index contributed by atoms with van der Waals surface area (Å²) in [5.74, 6) is -0.443. The fraction of sp³-hybridized carbons (Fsp3) is 0.679. The van der Waals surface area contributed by atoms with Crippen molar-refractivity contribution in [1.29, 1.82) is 0 Å². The molecule has 1 fully saturated rings. The average Bonchev–Trinajstić information content (AvgIpc) is 2.81. The molecular weight excluding hydrogens is 442 g/mol. The van der Waals surface area contributed by atoms with E-state index in [9.17, 15) is 14.4 Å². The lowest BCUT2D eigenvalue weighted by molar-refractivity contribution is -0.140. The van der Waals surface area contributed by atoms with E-state index in [0.29, 0.717) is 6.54 Å². The Morgan fingerprint density at radius 3 is 2.29 bits per heavy atom. The van der Waals surface area contributed by atoms with Gasteiger partial charge < -0.3 is 20.3 Å². The topological polar surface area (TPSA) is 87.7 Å². The third-order valence-electron chi connectivity index (χ3n) is 6.23. The van der Waals surface area contributed by atoms with Crippen LogP contribution < -0.4 is 10.6 Å². The van der Waals surface area contributed by atoms with E-state index in [2.05, 4.69) is 17.6 Å². The number of nitrogens with one attached hydrogen (secondary N) is 2. The van der Waals surface area contributed by atoms with Gasteiger partial charge in [-0.2, -0.15) is 0 Å². The van der Waals surface area contributed by atoms with Crippen LogP contribution in [0.25, 0.3) is 0 Å². The third kappa shape index (κ3) is 10.7. The van der Waals surface area contributed by atoms with E-state index in [-0.39, 0.29) is 24.4 Å². The first-order valence-electron chi connectivity index (χ1n) is 13.3. The van der Waals surface area contributed by atoms with Crippen LogP contribution in [0.1, 0.15) is 104 Å². The molecule has 1 aromatic rings. The molecule has 0 spiro atoms. The standard InChI is InChI=1S/C28H45N3O4/c1-5-6-7-8-15-20-31(24(32)21-29-27(34)35-28(2,3)4)25(22-16-11-9-12-17-22)26(33)30-23-18-13-10-14-19-23/h9,11-12,16-17,23,25H,5-8,10,13-15,18-21H2,1-4H3,(H,29,34)(H,30,33). The van der Waals surface area contributed by atoms with Gasteiger partial charge in [-0.3, -0.25) is 9.59 Å². The van der Waals surface area contributed by atoms with Gasteiger partial charge in [0.15, 0.2) is 0 Å². The average molecular weight is 488 g/mol. The maximum atomic E-state index is 13.6. The summed E-state index contributed by atoms with van der Waals surface area (Å²) < 4.78 is 5.29. The van der Waals surface area contributed by atoms with E-state index >= 15 is 0 Å². The van der Waals surface area contributed by atoms with Crippen molar-refractivity contribution in [2.75, 3.05) is 13.1 Å². The number of hydrogen-bond donors (Lipinski definition) is 2. The summed E-state index contributed by atoms with van der Waals surface area (Å²) in [7, 11) is 0. The van der Waals surface area contributed by atoms with Gasteiger partial charge in [0.05, 0.1) is 0 Å². The summed E-state index contributed by atoms with van der Waals surface area (Å²) >= 11 is 0. The Kier molecular flexibility index (Phi) is 12.1. The SMILES string of the molecule is CCCCCCCN(C(=O)CNC(=O)OC(C)(C)C)C(C(=O)NC1CCCCC1)c1ccccc1. The zero-order chi connectivity index (χ0) is 25.7. The highest BCUT2D eigenvalue weighted by Crippen LogP contribution is 2.25. The summed E-state index contributed by atoms with van der Waals surface area (Å²) in [6.45, 7) is 7.73. The Balaban J connectivity index is 2.20. The molecule has 2 rings (SSSR count). The van der Waals surface area contributed by atoms with Crippen molar-refractivity contribution in [2.24, 2.45) is 0 Å². The molecule has 0 heterocycles. The highest BCUT2D eigenvalue weighted by Gasteiger charge is 2.32. The Labute approximate surface area is 211 Å². The molecule has 196 valence electrons. The molecule has 1 aliphatic carbocycles. The minimum Gasteiger partial charge on any atom is -0.444 e. The predicted molar refractivity (Wildman–Crippen MR) is 139 cm³/mol. The molecule has 1 aliphatic rings. The molecular formula is C28H45N3O4. The highest BCUT2D eigenvalue weighted by atomic mass is 16.6. The largest absolute Gasteiger partial charge is 0.444 e. The number of unbranched alkanes of at least 4 members (excludes halogenated alkanes) is 4. The Morgan fingerprint density at radius 2 is 1.66 bits per heavy atom. The first-order chi connectivity index (χ1) is 16.7. The zero-order valence-corrected chi connectivity index (χ0v) is 22.1. The van der Waals surface area contributed by atoms with Crippen molar-refractivity contribution in [3.05, 3.63) is 35.9 Å². The van der Waals surface area contributed by atoms with Crippen molar-refractivity contribution in [3.8, 4) is 0 Å². The van der Waals surface area contributed by atoms with Gasteiger partial charge in [0.1, 0.15) is 18.2 Å². The lowest BCUT2D eigenvalue weighted by atomic mass is 9.94. The van der Waals surface area contributed by atoms with Crippen molar-refractivity contribution >= 4 is 17.9 Å². The third-order valence-corrected chi connectivity index (χ3v) is 6.23. The van der Waals surface area contributed by atoms with Gasteiger partial charge in [-0.15, -0.1) is 0 Å². The van der Waals surface area contributed by atoms with Crippen LogP contribution in [0.4, 0.5) is 4.79 Å². The lowest BCUT2D eigenvalue weighted by Crippen LogP contribution is -2.50. The Bertz CT molecular complexity index is 785. The Morgan fingerprint density at radius 1 is 1.00 bits per heavy atom. The lowest BCUT2D eigenvalue weighted by Gasteiger charge is -2.33. The second kappa shape index (κ2) is 14.7. The van der Waals surface area contributed by atoms with E-state index in [1.807, 2.05) is 30.3 Å². The van der Waals surface area contributed by atoms with E-state index in [1.54, 1.807) is 25.7 Å². The van der Waals surface area contributed by atoms with Crippen molar-refractivity contribution in [3.63, 3.8) is 0 Å². The van der Waals surface area contributed by atoms with Gasteiger partial charge in [0, 0.05) is 12.6 Å². The number of nitrogens with zero attached hydrogens (tertiary/aromatic N) is 1. The summed E-state index contributed by atoms with van der Waals surface area (Å²) in [5.41, 5.74) is 0.124. The van der Waals surface area contributed by atoms with Gasteiger partial charge in [-0.25, -0.2) is 4.79 Å². The number of hydrogen-bond acceptors (Lipinski definition) is 4. The quantitative estimate of drug-likeness (QED) is 0.381. The zero-order valence-electron chi connectivity index (χ0n) is 22.1. The normalized spacial score (nSPS) is 15.2. The molecule has 7 heteroatoms. The molecule has 0 aromatic heterocycles. The van der Waals surface area contributed by atoms with Crippen molar-refractivity contribution in [1.82, 2.24) is 15.5 Å². The number of alkyl carbamates (subject to hydrolysis) is 1. The van der Waals surface area contributed by atoms with E-state index in [4.69, 9.17) is 4.74 Å². The maximum absolute atomic E-state index is 13.6. The van der Waals surface area contributed by atoms with E-state index in [1.165, 1.54) is 6.42 Å². The first kappa shape index (κ1) is 28.7. The first-order valence-corrected chi connectivity index (χ1v) is 13.3. The molecule has 2 N–H and O–H groups in total. The number of benzene rings is 1. The van der Waals surface area contributed by atoms with Crippen LogP contribution in [0, 0.1) is 0 Å². The molecule has 0 bridgehead atoms. The summed E-state index contributed by atoms with van der Waals surface area (Å²) in [6, 6.07) is 8.87. The van der Waals surface area contributed by atoms with Crippen LogP contribution in [-0.4, -0.2) is 47.5 Å². The Hall–Kier alpha value is -2.57. The second-order valence-corrected chi connectivity index (χ2v) is 10.5. The molecule has 0 radical (unpaired) electrons. The predicted octanol–water partition coefficient (Wildman–Crippen LogP) is 5.50. The van der Waals surface area contributed by atoms with Crippen LogP contribution in [0.3, 0.4) is 0 Å². The van der Waals surface area contributed by atoms with Gasteiger partial charge >= 0.3 is 6.09 Å². The summed E-state index contributed by atoms with van der Waals surface area (Å²) in [5, 5.41) is 5.79. The van der Waals surface area contributed by atoms with Crippen LogP contribution >= 0.6 is 0 Å². The van der Waals surface area contributed by atoms with Gasteiger partial charge in [-0.1, -0.05) is 82.2 Å². The maximum Gasteiger partial charge on any atom is 0.408 e. The summed E-state index contributed by atoms with van der Waals surface area (Å²) in [4.78, 5) is 40.8.